The van der Waals surface area contributed by atoms with Crippen molar-refractivity contribution in [3.05, 3.63) is 47.8 Å². The van der Waals surface area contributed by atoms with Gasteiger partial charge in [-0.1, -0.05) is 32.9 Å². The van der Waals surface area contributed by atoms with E-state index in [0.29, 0.717) is 6.61 Å². The number of carbonyl (C=O) groups excluding carboxylic acids is 1. The minimum absolute atomic E-state index is 0. The van der Waals surface area contributed by atoms with Crippen molar-refractivity contribution in [3.63, 3.8) is 0 Å². The van der Waals surface area contributed by atoms with Crippen LogP contribution in [0.4, 0.5) is 0 Å². The highest BCUT2D eigenvalue weighted by molar-refractivity contribution is 5.85. The number of halogens is 1. The molecule has 0 spiro atoms. The van der Waals surface area contributed by atoms with Crippen LogP contribution in [0, 0.1) is 0 Å². The van der Waals surface area contributed by atoms with Gasteiger partial charge in [0.05, 0.1) is 12.2 Å². The van der Waals surface area contributed by atoms with Gasteiger partial charge in [0.1, 0.15) is 18.4 Å². The van der Waals surface area contributed by atoms with Crippen LogP contribution in [-0.2, 0) is 17.3 Å². The average Bonchev–Trinajstić information content (AvgIpc) is 2.99. The van der Waals surface area contributed by atoms with Crippen LogP contribution in [0.25, 0.3) is 0 Å². The molecule has 6 nitrogen and oxygen atoms in total. The molecule has 2 unspecified atom stereocenters. The number of benzene rings is 1. The minimum atomic E-state index is -0.433. The van der Waals surface area contributed by atoms with Crippen molar-refractivity contribution in [2.24, 2.45) is 7.05 Å². The Balaban J connectivity index is 0.00000364. The van der Waals surface area contributed by atoms with Gasteiger partial charge >= 0.3 is 0 Å². The lowest BCUT2D eigenvalue weighted by molar-refractivity contribution is -0.124. The van der Waals surface area contributed by atoms with E-state index in [2.05, 4.69) is 48.6 Å². The van der Waals surface area contributed by atoms with Crippen LogP contribution in [0.2, 0.25) is 0 Å². The third-order valence-electron chi connectivity index (χ3n) is 4.22. The standard InChI is InChI=1S/C20H30N4O2.ClH/c1-14(13-26-17-9-7-16(8-10-17)20(2,3)4)23-19(25)18(21-5)15-11-22-24(6)12-15;/h7-12,14,18,21H,13H2,1-6H3,(H,23,25);1H. The number of rotatable bonds is 7. The molecule has 2 atom stereocenters. The number of aryl methyl sites for hydroxylation is 1. The monoisotopic (exact) mass is 394 g/mol. The van der Waals surface area contributed by atoms with E-state index in [0.717, 1.165) is 11.3 Å². The molecule has 2 rings (SSSR count). The molecule has 0 saturated carbocycles. The average molecular weight is 395 g/mol. The van der Waals surface area contributed by atoms with Gasteiger partial charge in [-0.05, 0) is 37.1 Å². The summed E-state index contributed by atoms with van der Waals surface area (Å²) < 4.78 is 7.49. The van der Waals surface area contributed by atoms with Crippen LogP contribution >= 0.6 is 12.4 Å². The number of hydrogen-bond donors (Lipinski definition) is 2. The molecule has 2 N–H and O–H groups in total. The summed E-state index contributed by atoms with van der Waals surface area (Å²) in [6.45, 7) is 8.88. The topological polar surface area (TPSA) is 68.2 Å². The first-order valence-electron chi connectivity index (χ1n) is 8.90. The molecule has 2 aromatic rings. The fraction of sp³-hybridized carbons (Fsp3) is 0.500. The Kier molecular flexibility index (Phi) is 8.31. The Morgan fingerprint density at radius 3 is 2.37 bits per heavy atom. The second kappa shape index (κ2) is 9.76. The maximum Gasteiger partial charge on any atom is 0.242 e. The molecule has 1 amide bonds. The van der Waals surface area contributed by atoms with Crippen LogP contribution in [0.1, 0.15) is 44.9 Å². The number of amides is 1. The lowest BCUT2D eigenvalue weighted by atomic mass is 9.87. The summed E-state index contributed by atoms with van der Waals surface area (Å²) in [5.41, 5.74) is 2.21. The Morgan fingerprint density at radius 1 is 1.26 bits per heavy atom. The van der Waals surface area contributed by atoms with Crippen LogP contribution in [0.15, 0.2) is 36.7 Å². The summed E-state index contributed by atoms with van der Waals surface area (Å²) in [4.78, 5) is 12.5. The highest BCUT2D eigenvalue weighted by Gasteiger charge is 2.21. The predicted octanol–water partition coefficient (Wildman–Crippen LogP) is 2.98. The molecule has 0 aliphatic rings. The Morgan fingerprint density at radius 2 is 1.89 bits per heavy atom. The zero-order valence-corrected chi connectivity index (χ0v) is 17.8. The van der Waals surface area contributed by atoms with E-state index in [1.165, 1.54) is 5.56 Å². The van der Waals surface area contributed by atoms with Gasteiger partial charge in [0, 0.05) is 18.8 Å². The van der Waals surface area contributed by atoms with Crippen molar-refractivity contribution < 1.29 is 9.53 Å². The van der Waals surface area contributed by atoms with Gasteiger partial charge in [0.25, 0.3) is 0 Å². The second-order valence-corrected chi connectivity index (χ2v) is 7.66. The van der Waals surface area contributed by atoms with E-state index in [-0.39, 0.29) is 29.8 Å². The number of hydrogen-bond acceptors (Lipinski definition) is 4. The fourth-order valence-electron chi connectivity index (χ4n) is 2.68. The highest BCUT2D eigenvalue weighted by atomic mass is 35.5. The first-order chi connectivity index (χ1) is 12.2. The molecule has 0 aliphatic heterocycles. The van der Waals surface area contributed by atoms with Gasteiger partial charge in [-0.25, -0.2) is 0 Å². The predicted molar refractivity (Wildman–Crippen MR) is 110 cm³/mol. The van der Waals surface area contributed by atoms with Crippen LogP contribution in [0.5, 0.6) is 5.75 Å². The third kappa shape index (κ3) is 6.56. The zero-order chi connectivity index (χ0) is 19.3. The first-order valence-corrected chi connectivity index (χ1v) is 8.90. The van der Waals surface area contributed by atoms with Crippen molar-refractivity contribution >= 4 is 18.3 Å². The normalized spacial score (nSPS) is 13.4. The lowest BCUT2D eigenvalue weighted by Crippen LogP contribution is -2.42. The highest BCUT2D eigenvalue weighted by Crippen LogP contribution is 2.24. The van der Waals surface area contributed by atoms with E-state index in [4.69, 9.17) is 4.74 Å². The molecule has 27 heavy (non-hydrogen) atoms. The van der Waals surface area contributed by atoms with Crippen LogP contribution in [-0.4, -0.2) is 35.4 Å². The smallest absolute Gasteiger partial charge is 0.242 e. The van der Waals surface area contributed by atoms with Gasteiger partial charge in [-0.2, -0.15) is 5.10 Å². The summed E-state index contributed by atoms with van der Waals surface area (Å²) in [5.74, 6) is 0.705. The lowest BCUT2D eigenvalue weighted by Gasteiger charge is -2.21. The molecule has 0 bridgehead atoms. The quantitative estimate of drug-likeness (QED) is 0.757. The molecule has 1 heterocycles. The molecule has 150 valence electrons. The number of carbonyl (C=O) groups is 1. The maximum atomic E-state index is 12.5. The fourth-order valence-corrected chi connectivity index (χ4v) is 2.68. The molecule has 0 saturated heterocycles. The number of nitrogens with zero attached hydrogens (tertiary/aromatic N) is 2. The SMILES string of the molecule is CNC(C(=O)NC(C)COc1ccc(C(C)(C)C)cc1)c1cnn(C)c1.Cl. The van der Waals surface area contributed by atoms with Crippen molar-refractivity contribution in [3.8, 4) is 5.75 Å². The van der Waals surface area contributed by atoms with Crippen LogP contribution in [0.3, 0.4) is 0 Å². The number of ether oxygens (including phenoxy) is 1. The molecular weight excluding hydrogens is 364 g/mol. The maximum absolute atomic E-state index is 12.5. The van der Waals surface area contributed by atoms with E-state index >= 15 is 0 Å². The summed E-state index contributed by atoms with van der Waals surface area (Å²) in [6.07, 6.45) is 3.53. The minimum Gasteiger partial charge on any atom is -0.491 e. The van der Waals surface area contributed by atoms with Crippen molar-refractivity contribution in [1.29, 1.82) is 0 Å². The third-order valence-corrected chi connectivity index (χ3v) is 4.22. The zero-order valence-electron chi connectivity index (χ0n) is 16.9. The van der Waals surface area contributed by atoms with Crippen molar-refractivity contribution in [2.45, 2.75) is 45.2 Å². The van der Waals surface area contributed by atoms with E-state index in [9.17, 15) is 4.79 Å². The van der Waals surface area contributed by atoms with Crippen molar-refractivity contribution in [2.75, 3.05) is 13.7 Å². The number of aromatic nitrogens is 2. The number of likely N-dealkylation sites (N-methyl/N-ethyl adjacent to an activating group) is 1. The molecular formula is C20H31ClN4O2. The number of nitrogens with one attached hydrogen (secondary N) is 2. The van der Waals surface area contributed by atoms with Crippen molar-refractivity contribution in [1.82, 2.24) is 20.4 Å². The molecule has 1 aromatic carbocycles. The summed E-state index contributed by atoms with van der Waals surface area (Å²) in [5, 5.41) is 10.1. The van der Waals surface area contributed by atoms with Gasteiger partial charge in [-0.15, -0.1) is 12.4 Å². The first kappa shape index (κ1) is 23.0. The second-order valence-electron chi connectivity index (χ2n) is 7.66. The molecule has 0 aliphatic carbocycles. The largest absolute Gasteiger partial charge is 0.491 e. The Labute approximate surface area is 168 Å². The van der Waals surface area contributed by atoms with Gasteiger partial charge < -0.3 is 15.4 Å². The summed E-state index contributed by atoms with van der Waals surface area (Å²) >= 11 is 0. The van der Waals surface area contributed by atoms with E-state index < -0.39 is 6.04 Å². The summed E-state index contributed by atoms with van der Waals surface area (Å²) in [6, 6.07) is 7.56. The Bertz CT molecular complexity index is 722. The van der Waals surface area contributed by atoms with Gasteiger partial charge in [0.2, 0.25) is 5.91 Å². The van der Waals surface area contributed by atoms with E-state index in [1.807, 2.05) is 32.3 Å². The Hall–Kier alpha value is -2.05. The molecule has 1 aromatic heterocycles. The molecule has 0 radical (unpaired) electrons. The van der Waals surface area contributed by atoms with Gasteiger partial charge in [0.15, 0.2) is 0 Å². The molecule has 7 heteroatoms. The van der Waals surface area contributed by atoms with E-state index in [1.54, 1.807) is 17.9 Å². The molecule has 0 fully saturated rings. The van der Waals surface area contributed by atoms with Crippen LogP contribution < -0.4 is 15.4 Å². The van der Waals surface area contributed by atoms with Gasteiger partial charge in [-0.3, -0.25) is 9.48 Å². The summed E-state index contributed by atoms with van der Waals surface area (Å²) in [7, 11) is 3.59.